The second-order valence-corrected chi connectivity index (χ2v) is 6.71. The highest BCUT2D eigenvalue weighted by atomic mass is 19.4. The molecule has 0 radical (unpaired) electrons. The molecule has 0 fully saturated rings. The Morgan fingerprint density at radius 3 is 2.69 bits per heavy atom. The van der Waals surface area contributed by atoms with Gasteiger partial charge in [-0.25, -0.2) is 4.39 Å². The van der Waals surface area contributed by atoms with Crippen LogP contribution >= 0.6 is 0 Å². The van der Waals surface area contributed by atoms with E-state index in [9.17, 15) is 27.5 Å². The SMILES string of the molecule is Cc1cc(-c2ccc(F)c(O)c2)nc2c1C(=O)N(c1cnn(CC(F)(F)F)c1)C2. The van der Waals surface area contributed by atoms with Gasteiger partial charge in [-0.15, -0.1) is 0 Å². The molecule has 150 valence electrons. The number of pyridine rings is 1. The molecule has 1 N–H and O–H groups in total. The molecule has 1 aromatic carbocycles. The first-order chi connectivity index (χ1) is 13.6. The number of phenols is 1. The number of carbonyl (C=O) groups excluding carboxylic acids is 1. The summed E-state index contributed by atoms with van der Waals surface area (Å²) in [6.07, 6.45) is -2.07. The van der Waals surface area contributed by atoms with E-state index in [4.69, 9.17) is 0 Å². The molecule has 1 aliphatic heterocycles. The van der Waals surface area contributed by atoms with Crippen LogP contribution < -0.4 is 4.90 Å². The molecular formula is C19H14F4N4O2. The normalized spacial score (nSPS) is 13.8. The van der Waals surface area contributed by atoms with Crippen molar-refractivity contribution >= 4 is 11.6 Å². The van der Waals surface area contributed by atoms with Crippen molar-refractivity contribution in [3.05, 3.63) is 59.3 Å². The number of alkyl halides is 3. The Balaban J connectivity index is 1.66. The molecule has 1 aliphatic rings. The number of nitrogens with zero attached hydrogens (tertiary/aromatic N) is 4. The third-order valence-electron chi connectivity index (χ3n) is 4.57. The van der Waals surface area contributed by atoms with Gasteiger partial charge in [0.15, 0.2) is 11.6 Å². The number of carbonyl (C=O) groups is 1. The molecule has 29 heavy (non-hydrogen) atoms. The van der Waals surface area contributed by atoms with Crippen LogP contribution in [0.3, 0.4) is 0 Å². The van der Waals surface area contributed by atoms with Crippen molar-refractivity contribution in [2.75, 3.05) is 4.90 Å². The van der Waals surface area contributed by atoms with E-state index in [2.05, 4.69) is 10.1 Å². The van der Waals surface area contributed by atoms with Crippen LogP contribution in [-0.4, -0.2) is 32.0 Å². The summed E-state index contributed by atoms with van der Waals surface area (Å²) in [6.45, 7) is 0.521. The van der Waals surface area contributed by atoms with Crippen LogP contribution in [0.1, 0.15) is 21.6 Å². The Morgan fingerprint density at radius 1 is 1.24 bits per heavy atom. The molecule has 0 aliphatic carbocycles. The number of hydrogen-bond acceptors (Lipinski definition) is 4. The van der Waals surface area contributed by atoms with Gasteiger partial charge < -0.3 is 5.11 Å². The fraction of sp³-hybridized carbons (Fsp3) is 0.211. The molecule has 0 atom stereocenters. The van der Waals surface area contributed by atoms with Crippen LogP contribution in [0.5, 0.6) is 5.75 Å². The van der Waals surface area contributed by atoms with Gasteiger partial charge in [0, 0.05) is 11.8 Å². The average Bonchev–Trinajstić information content (AvgIpc) is 3.20. The Hall–Kier alpha value is -3.43. The lowest BCUT2D eigenvalue weighted by Crippen LogP contribution is -2.23. The number of phenolic OH excluding ortho intramolecular Hbond substituents is 1. The number of halogens is 4. The van der Waals surface area contributed by atoms with Gasteiger partial charge in [-0.05, 0) is 36.8 Å². The number of anilines is 1. The number of aromatic hydroxyl groups is 1. The number of rotatable bonds is 3. The predicted octanol–water partition coefficient (Wildman–Crippen LogP) is 3.82. The zero-order valence-electron chi connectivity index (χ0n) is 15.0. The highest BCUT2D eigenvalue weighted by Gasteiger charge is 2.34. The van der Waals surface area contributed by atoms with Gasteiger partial charge in [0.05, 0.1) is 35.4 Å². The Morgan fingerprint density at radius 2 is 2.00 bits per heavy atom. The molecule has 10 heteroatoms. The first-order valence-corrected chi connectivity index (χ1v) is 8.53. The molecule has 0 spiro atoms. The summed E-state index contributed by atoms with van der Waals surface area (Å²) in [4.78, 5) is 18.5. The van der Waals surface area contributed by atoms with E-state index in [1.165, 1.54) is 23.2 Å². The van der Waals surface area contributed by atoms with Crippen molar-refractivity contribution in [3.63, 3.8) is 0 Å². The molecule has 2 aromatic heterocycles. The minimum Gasteiger partial charge on any atom is -0.505 e. The van der Waals surface area contributed by atoms with Crippen molar-refractivity contribution in [1.29, 1.82) is 0 Å². The molecule has 0 bridgehead atoms. The molecule has 0 unspecified atom stereocenters. The topological polar surface area (TPSA) is 71.2 Å². The standard InChI is InChI=1S/C19H14F4N4O2/c1-10-4-14(11-2-3-13(20)16(28)5-11)25-15-8-27(18(29)17(10)15)12-6-24-26(7-12)9-19(21,22)23/h2-7,28H,8-9H2,1H3. The van der Waals surface area contributed by atoms with Crippen LogP contribution in [0.25, 0.3) is 11.3 Å². The summed E-state index contributed by atoms with van der Waals surface area (Å²) in [5.74, 6) is -1.66. The summed E-state index contributed by atoms with van der Waals surface area (Å²) in [6, 6.07) is 5.44. The van der Waals surface area contributed by atoms with Crippen molar-refractivity contribution in [2.24, 2.45) is 0 Å². The second-order valence-electron chi connectivity index (χ2n) is 6.71. The lowest BCUT2D eigenvalue weighted by atomic mass is 10.0. The number of fused-ring (bicyclic) bond motifs is 1. The van der Waals surface area contributed by atoms with Gasteiger partial charge >= 0.3 is 6.18 Å². The first-order valence-electron chi connectivity index (χ1n) is 8.53. The van der Waals surface area contributed by atoms with E-state index in [1.54, 1.807) is 13.0 Å². The third kappa shape index (κ3) is 3.53. The highest BCUT2D eigenvalue weighted by Crippen LogP contribution is 2.33. The lowest BCUT2D eigenvalue weighted by molar-refractivity contribution is -0.142. The predicted molar refractivity (Wildman–Crippen MR) is 94.8 cm³/mol. The van der Waals surface area contributed by atoms with E-state index in [0.717, 1.165) is 16.9 Å². The number of amides is 1. The van der Waals surface area contributed by atoms with Crippen LogP contribution in [0.15, 0.2) is 36.7 Å². The van der Waals surface area contributed by atoms with Crippen molar-refractivity contribution in [3.8, 4) is 17.0 Å². The lowest BCUT2D eigenvalue weighted by Gasteiger charge is -2.12. The van der Waals surface area contributed by atoms with E-state index < -0.39 is 24.3 Å². The molecule has 3 aromatic rings. The maximum atomic E-state index is 13.3. The minimum absolute atomic E-state index is 0.0632. The van der Waals surface area contributed by atoms with Gasteiger partial charge in [-0.3, -0.25) is 19.4 Å². The maximum absolute atomic E-state index is 13.3. The van der Waals surface area contributed by atoms with Gasteiger partial charge in [-0.2, -0.15) is 18.3 Å². The van der Waals surface area contributed by atoms with Crippen molar-refractivity contribution in [1.82, 2.24) is 14.8 Å². The number of aryl methyl sites for hydroxylation is 1. The minimum atomic E-state index is -4.42. The van der Waals surface area contributed by atoms with E-state index in [1.807, 2.05) is 0 Å². The summed E-state index contributed by atoms with van der Waals surface area (Å²) < 4.78 is 51.6. The molecule has 3 heterocycles. The van der Waals surface area contributed by atoms with Gasteiger partial charge in [-0.1, -0.05) is 0 Å². The Labute approximate surface area is 162 Å². The number of aromatic nitrogens is 3. The van der Waals surface area contributed by atoms with Crippen LogP contribution in [-0.2, 0) is 13.1 Å². The fourth-order valence-corrected chi connectivity index (χ4v) is 3.29. The number of hydrogen-bond donors (Lipinski definition) is 1. The van der Waals surface area contributed by atoms with Gasteiger partial charge in [0.2, 0.25) is 0 Å². The molecule has 6 nitrogen and oxygen atoms in total. The zero-order valence-corrected chi connectivity index (χ0v) is 15.0. The fourth-order valence-electron chi connectivity index (χ4n) is 3.29. The molecule has 0 saturated carbocycles. The summed E-state index contributed by atoms with van der Waals surface area (Å²) in [5.41, 5.74) is 2.57. The number of benzene rings is 1. The third-order valence-corrected chi connectivity index (χ3v) is 4.57. The quantitative estimate of drug-likeness (QED) is 0.672. The monoisotopic (exact) mass is 406 g/mol. The van der Waals surface area contributed by atoms with Crippen molar-refractivity contribution < 1.29 is 27.5 Å². The molecule has 0 saturated heterocycles. The van der Waals surface area contributed by atoms with Crippen LogP contribution in [0.4, 0.5) is 23.2 Å². The molecular weight excluding hydrogens is 392 g/mol. The van der Waals surface area contributed by atoms with Gasteiger partial charge in [0.25, 0.3) is 5.91 Å². The summed E-state index contributed by atoms with van der Waals surface area (Å²) in [5, 5.41) is 13.3. The van der Waals surface area contributed by atoms with Gasteiger partial charge in [0.1, 0.15) is 6.54 Å². The van der Waals surface area contributed by atoms with E-state index >= 15 is 0 Å². The highest BCUT2D eigenvalue weighted by molar-refractivity contribution is 6.10. The summed E-state index contributed by atoms with van der Waals surface area (Å²) in [7, 11) is 0. The van der Waals surface area contributed by atoms with Crippen molar-refractivity contribution in [2.45, 2.75) is 26.2 Å². The summed E-state index contributed by atoms with van der Waals surface area (Å²) >= 11 is 0. The Bertz CT molecular complexity index is 1120. The smallest absolute Gasteiger partial charge is 0.408 e. The molecule has 1 amide bonds. The van der Waals surface area contributed by atoms with Crippen LogP contribution in [0.2, 0.25) is 0 Å². The van der Waals surface area contributed by atoms with E-state index in [0.29, 0.717) is 28.1 Å². The zero-order chi connectivity index (χ0) is 20.9. The second kappa shape index (κ2) is 6.57. The first kappa shape index (κ1) is 18.9. The van der Waals surface area contributed by atoms with Crippen LogP contribution in [0, 0.1) is 12.7 Å². The largest absolute Gasteiger partial charge is 0.505 e. The Kier molecular flexibility index (Phi) is 4.29. The molecule has 4 rings (SSSR count). The van der Waals surface area contributed by atoms with E-state index in [-0.39, 0.29) is 18.1 Å². The maximum Gasteiger partial charge on any atom is 0.408 e. The average molecular weight is 406 g/mol.